The van der Waals surface area contributed by atoms with E-state index in [1.165, 1.54) is 5.56 Å². The molecule has 4 heteroatoms. The van der Waals surface area contributed by atoms with Crippen LogP contribution in [0.2, 0.25) is 16.7 Å². The fraction of sp³-hybridized carbons (Fsp3) is 0.333. The van der Waals surface area contributed by atoms with Crippen LogP contribution in [0, 0.1) is 0 Å². The Bertz CT molecular complexity index is 1030. The molecule has 0 saturated heterocycles. The quantitative estimate of drug-likeness (QED) is 0.512. The van der Waals surface area contributed by atoms with Gasteiger partial charge in [0.1, 0.15) is 0 Å². The molecule has 0 bridgehead atoms. The molecule has 163 valence electrons. The SMILES string of the molecule is CC1=C(C)[CH]([Zr+2]([C]2=C(c3ccccc3)C(C)c3ccccc32)[SiH](C)C)C(C)=C1C.[Cl-].[Cl-]. The number of halogens is 2. The molecule has 0 saturated carbocycles. The van der Waals surface area contributed by atoms with E-state index in [2.05, 4.69) is 102 Å². The summed E-state index contributed by atoms with van der Waals surface area (Å²) in [5.74, 6) is -0.297. The molecule has 0 nitrogen and oxygen atoms in total. The van der Waals surface area contributed by atoms with Gasteiger partial charge in [-0.15, -0.1) is 0 Å². The van der Waals surface area contributed by atoms with Crippen LogP contribution in [0.15, 0.2) is 76.9 Å². The van der Waals surface area contributed by atoms with Crippen LogP contribution in [-0.2, 0) is 20.9 Å². The molecule has 31 heavy (non-hydrogen) atoms. The molecular weight excluding hydrogens is 515 g/mol. The molecule has 1 unspecified atom stereocenters. The van der Waals surface area contributed by atoms with E-state index in [1.54, 1.807) is 39.0 Å². The van der Waals surface area contributed by atoms with Crippen molar-refractivity contribution in [2.24, 2.45) is 0 Å². The van der Waals surface area contributed by atoms with Crippen LogP contribution in [0.5, 0.6) is 0 Å². The summed E-state index contributed by atoms with van der Waals surface area (Å²) in [6.07, 6.45) is 0. The first-order valence-electron chi connectivity index (χ1n) is 11.0. The minimum absolute atomic E-state index is 0. The standard InChI is InChI=1S/C16H13.C9H13.C2H7Si.2ClH.Zr/c1-12-15-10-6-5-9-14(15)11-16(12)13-7-3-2-4-8-13;1-6-5-7(2)9(4)8(6)3;1-3-2;;;/h2-10,12H,1H3;5H,1-4H3;3H,1-2H3;2*1H;/q;;;;;+2/p-2. The minimum atomic E-state index is -1.97. The van der Waals surface area contributed by atoms with E-state index >= 15 is 0 Å². The van der Waals surface area contributed by atoms with E-state index in [4.69, 9.17) is 0 Å². The van der Waals surface area contributed by atoms with Crippen LogP contribution in [-0.4, -0.2) is 5.92 Å². The van der Waals surface area contributed by atoms with Gasteiger partial charge in [-0.1, -0.05) is 0 Å². The summed E-state index contributed by atoms with van der Waals surface area (Å²) in [6, 6.07) is 20.6. The molecule has 0 amide bonds. The summed E-state index contributed by atoms with van der Waals surface area (Å²) >= 11 is -1.97. The van der Waals surface area contributed by atoms with Gasteiger partial charge in [-0.05, 0) is 0 Å². The Morgan fingerprint density at radius 1 is 0.742 bits per heavy atom. The Morgan fingerprint density at radius 2 is 1.26 bits per heavy atom. The summed E-state index contributed by atoms with van der Waals surface area (Å²) < 4.78 is 2.60. The van der Waals surface area contributed by atoms with Crippen LogP contribution >= 0.6 is 0 Å². The average molecular weight is 548 g/mol. The Hall–Kier alpha value is -0.660. The second-order valence-electron chi connectivity index (χ2n) is 9.12. The van der Waals surface area contributed by atoms with E-state index in [9.17, 15) is 0 Å². The number of hydrogen-bond acceptors (Lipinski definition) is 0. The number of allylic oxidation sites excluding steroid dienone is 5. The fourth-order valence-corrected chi connectivity index (χ4v) is 27.8. The van der Waals surface area contributed by atoms with E-state index in [-0.39, 0.29) is 24.8 Å². The molecule has 2 aromatic carbocycles. The third-order valence-electron chi connectivity index (χ3n) is 7.32. The van der Waals surface area contributed by atoms with Gasteiger partial charge in [0.25, 0.3) is 0 Å². The third kappa shape index (κ3) is 4.43. The van der Waals surface area contributed by atoms with Gasteiger partial charge < -0.3 is 24.8 Å². The van der Waals surface area contributed by atoms with Crippen molar-refractivity contribution in [3.8, 4) is 0 Å². The second-order valence-corrected chi connectivity index (χ2v) is 28.5. The first-order chi connectivity index (χ1) is 13.8. The maximum absolute atomic E-state index is 2.64. The van der Waals surface area contributed by atoms with Crippen LogP contribution in [0.4, 0.5) is 0 Å². The Labute approximate surface area is 210 Å². The van der Waals surface area contributed by atoms with Crippen molar-refractivity contribution in [2.45, 2.75) is 57.3 Å². The first kappa shape index (κ1) is 26.6. The number of benzene rings is 2. The molecule has 0 radical (unpaired) electrons. The molecule has 0 aromatic heterocycles. The molecule has 0 fully saturated rings. The maximum Gasteiger partial charge on any atom is -1.00 e. The number of fused-ring (bicyclic) bond motifs is 1. The zero-order valence-electron chi connectivity index (χ0n) is 19.7. The van der Waals surface area contributed by atoms with Crippen molar-refractivity contribution in [3.05, 3.63) is 93.6 Å². The van der Waals surface area contributed by atoms with Crippen LogP contribution in [0.1, 0.15) is 57.2 Å². The monoisotopic (exact) mass is 545 g/mol. The predicted molar refractivity (Wildman–Crippen MR) is 127 cm³/mol. The van der Waals surface area contributed by atoms with Gasteiger partial charge in [0.05, 0.1) is 0 Å². The molecule has 0 N–H and O–H groups in total. The van der Waals surface area contributed by atoms with E-state index in [0.29, 0.717) is 5.92 Å². The Balaban J connectivity index is 0.00000171. The van der Waals surface area contributed by atoms with Gasteiger partial charge >= 0.3 is 187 Å². The van der Waals surface area contributed by atoms with Gasteiger partial charge in [-0.25, -0.2) is 0 Å². The maximum atomic E-state index is 2.64. The molecule has 0 heterocycles. The summed E-state index contributed by atoms with van der Waals surface area (Å²) in [7, 11) is 0. The smallest absolute Gasteiger partial charge is 1.00 e. The van der Waals surface area contributed by atoms with E-state index in [0.717, 1.165) is 3.63 Å². The molecule has 1 atom stereocenters. The topological polar surface area (TPSA) is 0 Å². The van der Waals surface area contributed by atoms with E-state index < -0.39 is 26.8 Å². The summed E-state index contributed by atoms with van der Waals surface area (Å²) in [6.45, 7) is 17.3. The van der Waals surface area contributed by atoms with Crippen molar-refractivity contribution in [3.63, 3.8) is 0 Å². The predicted octanol–water partition coefficient (Wildman–Crippen LogP) is 1.76. The zero-order chi connectivity index (χ0) is 20.9. The van der Waals surface area contributed by atoms with Crippen LogP contribution in [0.25, 0.3) is 8.85 Å². The molecule has 2 aliphatic carbocycles. The van der Waals surface area contributed by atoms with Crippen LogP contribution < -0.4 is 24.8 Å². The molecule has 4 rings (SSSR count). The number of hydrogen-bond donors (Lipinski definition) is 0. The third-order valence-corrected chi connectivity index (χ3v) is 27.8. The zero-order valence-corrected chi connectivity index (χ0v) is 24.8. The van der Waals surface area contributed by atoms with Crippen molar-refractivity contribution in [1.29, 1.82) is 0 Å². The van der Waals surface area contributed by atoms with Crippen molar-refractivity contribution in [2.75, 3.05) is 0 Å². The molecule has 0 spiro atoms. The van der Waals surface area contributed by atoms with E-state index in [1.807, 2.05) is 3.28 Å². The fourth-order valence-electron chi connectivity index (χ4n) is 5.52. The van der Waals surface area contributed by atoms with Crippen molar-refractivity contribution >= 4 is 14.8 Å². The van der Waals surface area contributed by atoms with Crippen molar-refractivity contribution < 1.29 is 45.7 Å². The molecule has 0 aliphatic heterocycles. The van der Waals surface area contributed by atoms with Gasteiger partial charge in [-0.2, -0.15) is 0 Å². The summed E-state index contributed by atoms with van der Waals surface area (Å²) in [4.78, 5) is 0. The second kappa shape index (κ2) is 10.5. The van der Waals surface area contributed by atoms with Gasteiger partial charge in [0, 0.05) is 0 Å². The molecule has 2 aromatic rings. The Kier molecular flexibility index (Phi) is 9.02. The minimum Gasteiger partial charge on any atom is -1.00 e. The number of rotatable bonds is 4. The normalized spacial score (nSPS) is 18.4. The largest absolute Gasteiger partial charge is 1.00 e. The Morgan fingerprint density at radius 3 is 1.81 bits per heavy atom. The molecular formula is C27H33Cl2SiZr. The molecule has 2 aliphatic rings. The van der Waals surface area contributed by atoms with Crippen molar-refractivity contribution in [1.82, 2.24) is 0 Å². The summed E-state index contributed by atoms with van der Waals surface area (Å²) in [5.41, 5.74) is 12.8. The summed E-state index contributed by atoms with van der Waals surface area (Å²) in [5, 5.41) is 0. The van der Waals surface area contributed by atoms with Crippen LogP contribution in [0.3, 0.4) is 0 Å². The van der Waals surface area contributed by atoms with Gasteiger partial charge in [0.2, 0.25) is 0 Å². The van der Waals surface area contributed by atoms with Gasteiger partial charge in [-0.3, -0.25) is 0 Å². The van der Waals surface area contributed by atoms with Gasteiger partial charge in [0.15, 0.2) is 0 Å². The first-order valence-corrected chi connectivity index (χ1v) is 20.7. The average Bonchev–Trinajstić information content (AvgIpc) is 3.11.